The molecule has 0 saturated carbocycles. The minimum Gasteiger partial charge on any atom is -0.486 e. The van der Waals surface area contributed by atoms with Crippen LogP contribution in [0.2, 0.25) is 0 Å². The van der Waals surface area contributed by atoms with Crippen molar-refractivity contribution in [2.75, 3.05) is 26.8 Å². The van der Waals surface area contributed by atoms with Crippen LogP contribution in [0.4, 0.5) is 4.79 Å². The molecule has 144 valence electrons. The molecule has 5 amide bonds. The lowest BCUT2D eigenvalue weighted by molar-refractivity contribution is -0.145. The summed E-state index contributed by atoms with van der Waals surface area (Å²) in [5.41, 5.74) is 0.814. The van der Waals surface area contributed by atoms with E-state index in [0.717, 1.165) is 10.5 Å². The van der Waals surface area contributed by atoms with Crippen molar-refractivity contribution in [1.82, 2.24) is 14.7 Å². The standard InChI is InChI=1S/C18H21N3O6/c1-11(2)21-17(24)16(23)20(18(21)25)10-15(22)19(3)9-12-4-5-13-14(8-12)27-7-6-26-13/h4-5,8,11H,6-7,9-10H2,1-3H3. The molecule has 27 heavy (non-hydrogen) atoms. The first kappa shape index (κ1) is 18.7. The van der Waals surface area contributed by atoms with Crippen LogP contribution in [0.5, 0.6) is 11.5 Å². The Morgan fingerprint density at radius 2 is 1.78 bits per heavy atom. The van der Waals surface area contributed by atoms with Crippen LogP contribution in [0.15, 0.2) is 18.2 Å². The van der Waals surface area contributed by atoms with Crippen LogP contribution in [-0.4, -0.2) is 71.3 Å². The quantitative estimate of drug-likeness (QED) is 0.553. The first-order valence-electron chi connectivity index (χ1n) is 8.61. The van der Waals surface area contributed by atoms with Gasteiger partial charge < -0.3 is 14.4 Å². The number of imide groups is 2. The number of ether oxygens (including phenoxy) is 2. The van der Waals surface area contributed by atoms with E-state index in [2.05, 4.69) is 0 Å². The number of hydrogen-bond acceptors (Lipinski definition) is 6. The Morgan fingerprint density at radius 1 is 1.11 bits per heavy atom. The highest BCUT2D eigenvalue weighted by atomic mass is 16.6. The van der Waals surface area contributed by atoms with Crippen molar-refractivity contribution in [1.29, 1.82) is 0 Å². The Hall–Kier alpha value is -3.10. The fourth-order valence-electron chi connectivity index (χ4n) is 2.92. The molecule has 2 aliphatic heterocycles. The van der Waals surface area contributed by atoms with Crippen molar-refractivity contribution in [3.05, 3.63) is 23.8 Å². The minimum absolute atomic E-state index is 0.257. The summed E-state index contributed by atoms with van der Waals surface area (Å²) in [4.78, 5) is 51.6. The third-order valence-corrected chi connectivity index (χ3v) is 4.35. The van der Waals surface area contributed by atoms with Gasteiger partial charge in [-0.15, -0.1) is 0 Å². The molecule has 0 unspecified atom stereocenters. The Bertz CT molecular complexity index is 806. The first-order valence-corrected chi connectivity index (χ1v) is 8.61. The minimum atomic E-state index is -0.977. The van der Waals surface area contributed by atoms with Gasteiger partial charge in [0, 0.05) is 19.6 Å². The van der Waals surface area contributed by atoms with Crippen LogP contribution in [0.1, 0.15) is 19.4 Å². The highest BCUT2D eigenvalue weighted by Gasteiger charge is 2.46. The molecule has 0 aliphatic carbocycles. The number of carbonyl (C=O) groups excluding carboxylic acids is 4. The third kappa shape index (κ3) is 3.57. The number of carbonyl (C=O) groups is 4. The summed E-state index contributed by atoms with van der Waals surface area (Å²) in [5.74, 6) is -1.07. The zero-order valence-electron chi connectivity index (χ0n) is 15.4. The second-order valence-electron chi connectivity index (χ2n) is 6.67. The molecule has 2 aliphatic rings. The molecule has 0 bridgehead atoms. The van der Waals surface area contributed by atoms with E-state index in [1.54, 1.807) is 33.0 Å². The molecule has 1 aromatic carbocycles. The van der Waals surface area contributed by atoms with E-state index in [-0.39, 0.29) is 6.54 Å². The normalized spacial score (nSPS) is 16.4. The van der Waals surface area contributed by atoms with Gasteiger partial charge in [-0.25, -0.2) is 9.69 Å². The van der Waals surface area contributed by atoms with Crippen LogP contribution in [-0.2, 0) is 20.9 Å². The number of urea groups is 1. The zero-order chi connectivity index (χ0) is 19.7. The van der Waals surface area contributed by atoms with Crippen LogP contribution in [0.3, 0.4) is 0 Å². The summed E-state index contributed by atoms with van der Waals surface area (Å²) in [7, 11) is 1.56. The topological polar surface area (TPSA) is 96.5 Å². The largest absolute Gasteiger partial charge is 0.486 e. The highest BCUT2D eigenvalue weighted by Crippen LogP contribution is 2.31. The molecular weight excluding hydrogens is 354 g/mol. The number of amides is 5. The fourth-order valence-corrected chi connectivity index (χ4v) is 2.92. The molecule has 1 aromatic rings. The van der Waals surface area contributed by atoms with Gasteiger partial charge in [0.05, 0.1) is 0 Å². The van der Waals surface area contributed by atoms with E-state index in [1.807, 2.05) is 6.07 Å². The number of fused-ring (bicyclic) bond motifs is 1. The van der Waals surface area contributed by atoms with Crippen LogP contribution in [0.25, 0.3) is 0 Å². The number of likely N-dealkylation sites (N-methyl/N-ethyl adjacent to an activating group) is 1. The molecule has 0 N–H and O–H groups in total. The average Bonchev–Trinajstić information content (AvgIpc) is 2.84. The maximum absolute atomic E-state index is 12.5. The molecule has 0 spiro atoms. The summed E-state index contributed by atoms with van der Waals surface area (Å²) < 4.78 is 11.0. The Balaban J connectivity index is 1.65. The lowest BCUT2D eigenvalue weighted by Gasteiger charge is -2.23. The smallest absolute Gasteiger partial charge is 0.334 e. The Kier molecular flexibility index (Phi) is 5.02. The summed E-state index contributed by atoms with van der Waals surface area (Å²) >= 11 is 0. The molecule has 3 rings (SSSR count). The lowest BCUT2D eigenvalue weighted by Crippen LogP contribution is -2.42. The van der Waals surface area contributed by atoms with Gasteiger partial charge in [-0.2, -0.15) is 0 Å². The molecule has 0 atom stereocenters. The molecule has 1 saturated heterocycles. The van der Waals surface area contributed by atoms with Crippen LogP contribution >= 0.6 is 0 Å². The van der Waals surface area contributed by atoms with E-state index >= 15 is 0 Å². The van der Waals surface area contributed by atoms with Crippen molar-refractivity contribution < 1.29 is 28.7 Å². The molecular formula is C18H21N3O6. The maximum Gasteiger partial charge on any atom is 0.334 e. The molecule has 2 heterocycles. The molecule has 1 fully saturated rings. The zero-order valence-corrected chi connectivity index (χ0v) is 15.4. The van der Waals surface area contributed by atoms with Crippen LogP contribution < -0.4 is 9.47 Å². The second kappa shape index (κ2) is 7.26. The van der Waals surface area contributed by atoms with E-state index < -0.39 is 36.3 Å². The van der Waals surface area contributed by atoms with Crippen molar-refractivity contribution in [2.45, 2.75) is 26.4 Å². The number of benzene rings is 1. The number of hydrogen-bond donors (Lipinski definition) is 0. The van der Waals surface area contributed by atoms with Gasteiger partial charge >= 0.3 is 17.8 Å². The summed E-state index contributed by atoms with van der Waals surface area (Å²) in [6, 6.07) is 4.15. The van der Waals surface area contributed by atoms with Gasteiger partial charge in [0.15, 0.2) is 11.5 Å². The molecule has 9 nitrogen and oxygen atoms in total. The van der Waals surface area contributed by atoms with Gasteiger partial charge in [0.1, 0.15) is 19.8 Å². The Labute approximate surface area is 156 Å². The number of rotatable bonds is 5. The predicted molar refractivity (Wildman–Crippen MR) is 93.0 cm³/mol. The SMILES string of the molecule is CC(C)N1C(=O)C(=O)N(CC(=O)N(C)Cc2ccc3c(c2)OCCO3)C1=O. The van der Waals surface area contributed by atoms with Crippen molar-refractivity contribution in [3.8, 4) is 11.5 Å². The van der Waals surface area contributed by atoms with Gasteiger partial charge in [-0.1, -0.05) is 6.07 Å². The number of nitrogens with zero attached hydrogens (tertiary/aromatic N) is 3. The van der Waals surface area contributed by atoms with Gasteiger partial charge in [0.2, 0.25) is 5.91 Å². The highest BCUT2D eigenvalue weighted by molar-refractivity contribution is 6.45. The van der Waals surface area contributed by atoms with Gasteiger partial charge in [-0.3, -0.25) is 19.3 Å². The van der Waals surface area contributed by atoms with E-state index in [4.69, 9.17) is 9.47 Å². The third-order valence-electron chi connectivity index (χ3n) is 4.35. The molecule has 0 aromatic heterocycles. The summed E-state index contributed by atoms with van der Waals surface area (Å²) in [6.07, 6.45) is 0. The molecule has 9 heteroatoms. The van der Waals surface area contributed by atoms with Crippen molar-refractivity contribution in [3.63, 3.8) is 0 Å². The van der Waals surface area contributed by atoms with Gasteiger partial charge in [-0.05, 0) is 31.5 Å². The fraction of sp³-hybridized carbons (Fsp3) is 0.444. The monoisotopic (exact) mass is 375 g/mol. The molecule has 0 radical (unpaired) electrons. The maximum atomic E-state index is 12.5. The van der Waals surface area contributed by atoms with Crippen molar-refractivity contribution in [2.24, 2.45) is 0 Å². The second-order valence-corrected chi connectivity index (χ2v) is 6.67. The van der Waals surface area contributed by atoms with Crippen molar-refractivity contribution >= 4 is 23.8 Å². The van der Waals surface area contributed by atoms with Gasteiger partial charge in [0.25, 0.3) is 0 Å². The van der Waals surface area contributed by atoms with E-state index in [1.165, 1.54) is 4.90 Å². The Morgan fingerprint density at radius 3 is 2.41 bits per heavy atom. The van der Waals surface area contributed by atoms with E-state index in [9.17, 15) is 19.2 Å². The summed E-state index contributed by atoms with van der Waals surface area (Å²) in [6.45, 7) is 3.99. The first-order chi connectivity index (χ1) is 12.8. The summed E-state index contributed by atoms with van der Waals surface area (Å²) in [5, 5.41) is 0. The van der Waals surface area contributed by atoms with Crippen LogP contribution in [0, 0.1) is 0 Å². The predicted octanol–water partition coefficient (Wildman–Crippen LogP) is 0.615. The lowest BCUT2D eigenvalue weighted by atomic mass is 10.2. The average molecular weight is 375 g/mol. The van der Waals surface area contributed by atoms with E-state index in [0.29, 0.717) is 29.6 Å².